The summed E-state index contributed by atoms with van der Waals surface area (Å²) in [6.45, 7) is 13.2. The Morgan fingerprint density at radius 1 is 1.30 bits per heavy atom. The molecule has 3 aliphatic heterocycles. The van der Waals surface area contributed by atoms with Gasteiger partial charge in [0.1, 0.15) is 36.4 Å². The zero-order valence-electron chi connectivity index (χ0n) is 25.2. The molecule has 0 radical (unpaired) electrons. The van der Waals surface area contributed by atoms with Gasteiger partial charge in [-0.3, -0.25) is 4.90 Å². The first kappa shape index (κ1) is 31.7. The number of anilines is 2. The van der Waals surface area contributed by atoms with Gasteiger partial charge in [0, 0.05) is 31.1 Å². The predicted molar refractivity (Wildman–Crippen MR) is 173 cm³/mol. The number of nitrogens with two attached hydrogens (primary N) is 1. The highest BCUT2D eigenvalue weighted by Gasteiger charge is 2.47. The predicted octanol–water partition coefficient (Wildman–Crippen LogP) is 7.23. The summed E-state index contributed by atoms with van der Waals surface area (Å²) in [7, 11) is 1.44. The van der Waals surface area contributed by atoms with Crippen molar-refractivity contribution in [3.8, 4) is 22.9 Å². The summed E-state index contributed by atoms with van der Waals surface area (Å²) in [6, 6.07) is 0.704. The molecule has 246 valence electrons. The third kappa shape index (κ3) is 5.02. The number of nitrogens with zero attached hydrogens (tertiary/aromatic N) is 5. The summed E-state index contributed by atoms with van der Waals surface area (Å²) in [5.74, 6) is -1.76. The van der Waals surface area contributed by atoms with Gasteiger partial charge in [-0.15, -0.1) is 11.3 Å². The third-order valence-electron chi connectivity index (χ3n) is 9.22. The van der Waals surface area contributed by atoms with Crippen molar-refractivity contribution in [2.75, 3.05) is 57.2 Å². The molecule has 0 spiro atoms. The van der Waals surface area contributed by atoms with Gasteiger partial charge in [-0.25, -0.2) is 22.4 Å². The average Bonchev–Trinajstić information content (AvgIpc) is 3.64. The molecule has 2 saturated heterocycles. The smallest absolute Gasteiger partial charge is 0.319 e. The zero-order chi connectivity index (χ0) is 33.2. The first-order valence-corrected chi connectivity index (χ1v) is 16.1. The number of nitrogen functional groups attached to an aromatic ring is 1. The van der Waals surface area contributed by atoms with Crippen LogP contribution in [-0.2, 0) is 4.74 Å². The monoisotopic (exact) mass is 688 g/mol. The van der Waals surface area contributed by atoms with Crippen molar-refractivity contribution < 1.29 is 31.8 Å². The number of benzene rings is 2. The Kier molecular flexibility index (Phi) is 8.07. The molecule has 2 atom stereocenters. The van der Waals surface area contributed by atoms with Crippen molar-refractivity contribution in [2.45, 2.75) is 37.3 Å². The second-order valence-electron chi connectivity index (χ2n) is 12.0. The maximum Gasteiger partial charge on any atom is 0.319 e. The molecule has 0 saturated carbocycles. The maximum absolute atomic E-state index is 17.1. The van der Waals surface area contributed by atoms with Gasteiger partial charge >= 0.3 is 6.01 Å². The summed E-state index contributed by atoms with van der Waals surface area (Å²) >= 11 is 7.75. The Bertz CT molecular complexity index is 1990. The molecule has 0 amide bonds. The van der Waals surface area contributed by atoms with E-state index >= 15 is 4.39 Å². The molecule has 15 heteroatoms. The standard InChI is InChI=1S/C32H29ClF4N6O3S/c1-15-11-32(7-4-8-42(32)12-15)14-46-31-40-24-21-26(45-13-18(28(36)37)43(9-10-44-3)30(21)41-31)22(33)19(23(24)35)16-5-6-17(34)27-20(16)25(39-2)29(38)47-27/h5-6,18,28H,1,4,7-14,38H2,3H3/t18?,32-/m0/s1. The summed E-state index contributed by atoms with van der Waals surface area (Å²) in [5, 5.41) is -0.167. The van der Waals surface area contributed by atoms with Gasteiger partial charge in [-0.2, -0.15) is 9.97 Å². The number of halogens is 5. The SMILES string of the molecule is [C-]#[N+]c1c(N)sc2c(F)ccc(-c3c(Cl)c4c5c(nc(OC[C@@]67CCCN6CC(=C)C7)nc5c3F)N(CCOC)C(C(F)F)CO4)c12. The van der Waals surface area contributed by atoms with E-state index in [0.717, 1.165) is 55.3 Å². The lowest BCUT2D eigenvalue weighted by Crippen LogP contribution is -2.46. The molecule has 0 aliphatic carbocycles. The Morgan fingerprint density at radius 3 is 2.85 bits per heavy atom. The highest BCUT2D eigenvalue weighted by Crippen LogP contribution is 2.53. The molecular formula is C32H29ClF4N6O3S. The quantitative estimate of drug-likeness (QED) is 0.118. The van der Waals surface area contributed by atoms with Gasteiger partial charge in [0.2, 0.25) is 5.69 Å². The Labute approximate surface area is 276 Å². The summed E-state index contributed by atoms with van der Waals surface area (Å²) < 4.78 is 78.6. The number of ether oxygens (including phenoxy) is 3. The van der Waals surface area contributed by atoms with Crippen LogP contribution in [0.2, 0.25) is 5.02 Å². The van der Waals surface area contributed by atoms with E-state index in [-0.39, 0.29) is 90.7 Å². The van der Waals surface area contributed by atoms with Crippen molar-refractivity contribution in [2.24, 2.45) is 0 Å². The molecular weight excluding hydrogens is 660 g/mol. The highest BCUT2D eigenvalue weighted by molar-refractivity contribution is 7.23. The molecule has 1 unspecified atom stereocenters. The largest absolute Gasteiger partial charge is 0.489 e. The van der Waals surface area contributed by atoms with Crippen molar-refractivity contribution in [1.82, 2.24) is 14.9 Å². The zero-order valence-corrected chi connectivity index (χ0v) is 26.8. The molecule has 0 bridgehead atoms. The molecule has 5 heterocycles. The van der Waals surface area contributed by atoms with E-state index in [4.69, 9.17) is 38.1 Å². The summed E-state index contributed by atoms with van der Waals surface area (Å²) in [6.07, 6.45) is -0.328. The van der Waals surface area contributed by atoms with Crippen LogP contribution in [0.15, 0.2) is 24.3 Å². The minimum atomic E-state index is -2.89. The molecule has 2 N–H and O–H groups in total. The van der Waals surface area contributed by atoms with Crippen LogP contribution in [0, 0.1) is 18.2 Å². The number of methoxy groups -OCH3 is 1. The lowest BCUT2D eigenvalue weighted by Gasteiger charge is -2.32. The van der Waals surface area contributed by atoms with Crippen LogP contribution in [0.5, 0.6) is 11.8 Å². The van der Waals surface area contributed by atoms with Crippen molar-refractivity contribution >= 4 is 60.4 Å². The fraction of sp³-hybridized carbons (Fsp3) is 0.406. The van der Waals surface area contributed by atoms with Gasteiger partial charge < -0.3 is 24.8 Å². The minimum absolute atomic E-state index is 0.0219. The van der Waals surface area contributed by atoms with Crippen LogP contribution in [0.3, 0.4) is 0 Å². The van der Waals surface area contributed by atoms with Gasteiger partial charge in [0.25, 0.3) is 6.43 Å². The van der Waals surface area contributed by atoms with Gasteiger partial charge in [-0.05, 0) is 37.4 Å². The van der Waals surface area contributed by atoms with E-state index < -0.39 is 30.7 Å². The van der Waals surface area contributed by atoms with E-state index in [9.17, 15) is 13.2 Å². The number of alkyl halides is 2. The molecule has 3 aliphatic rings. The number of thiophene rings is 1. The first-order chi connectivity index (χ1) is 22.6. The Balaban J connectivity index is 1.47. The van der Waals surface area contributed by atoms with Crippen LogP contribution >= 0.6 is 22.9 Å². The lowest BCUT2D eigenvalue weighted by atomic mass is 9.94. The van der Waals surface area contributed by atoms with E-state index in [1.807, 2.05) is 0 Å². The number of aromatic nitrogens is 2. The molecule has 2 aromatic heterocycles. The summed E-state index contributed by atoms with van der Waals surface area (Å²) in [5.41, 5.74) is 6.29. The molecule has 47 heavy (non-hydrogen) atoms. The molecule has 4 aromatic rings. The Hall–Kier alpha value is -3.90. The highest BCUT2D eigenvalue weighted by atomic mass is 35.5. The molecule has 2 fully saturated rings. The second-order valence-corrected chi connectivity index (χ2v) is 13.4. The first-order valence-electron chi connectivity index (χ1n) is 14.9. The van der Waals surface area contributed by atoms with E-state index in [1.54, 1.807) is 0 Å². The normalized spacial score (nSPS) is 21.0. The number of hydrogen-bond donors (Lipinski definition) is 1. The molecule has 2 aromatic carbocycles. The Morgan fingerprint density at radius 2 is 2.11 bits per heavy atom. The fourth-order valence-electron chi connectivity index (χ4n) is 7.10. The molecule has 9 nitrogen and oxygen atoms in total. The maximum atomic E-state index is 17.1. The van der Waals surface area contributed by atoms with Crippen molar-refractivity contribution in [1.29, 1.82) is 0 Å². The summed E-state index contributed by atoms with van der Waals surface area (Å²) in [4.78, 5) is 16.1. The fourth-order valence-corrected chi connectivity index (χ4v) is 8.38. The van der Waals surface area contributed by atoms with Gasteiger partial charge in [-0.1, -0.05) is 29.8 Å². The molecule has 7 rings (SSSR count). The van der Waals surface area contributed by atoms with Crippen LogP contribution in [0.25, 0.3) is 37.0 Å². The van der Waals surface area contributed by atoms with Crippen LogP contribution < -0.4 is 20.1 Å². The second kappa shape index (κ2) is 12.0. The van der Waals surface area contributed by atoms with Gasteiger partial charge in [0.15, 0.2) is 11.6 Å². The van der Waals surface area contributed by atoms with Crippen LogP contribution in [0.4, 0.5) is 34.1 Å². The number of fused-ring (bicyclic) bond motifs is 2. The van der Waals surface area contributed by atoms with Gasteiger partial charge in [0.05, 0.1) is 38.8 Å². The topological polar surface area (TPSA) is 90.3 Å². The van der Waals surface area contributed by atoms with Crippen LogP contribution in [0.1, 0.15) is 19.3 Å². The van der Waals surface area contributed by atoms with Crippen molar-refractivity contribution in [3.63, 3.8) is 0 Å². The lowest BCUT2D eigenvalue weighted by molar-refractivity contribution is 0.0830. The third-order valence-corrected chi connectivity index (χ3v) is 10.6. The van der Waals surface area contributed by atoms with E-state index in [2.05, 4.69) is 26.3 Å². The average molecular weight is 689 g/mol. The van der Waals surface area contributed by atoms with E-state index in [0.29, 0.717) is 0 Å². The number of rotatable bonds is 8. The van der Waals surface area contributed by atoms with E-state index in [1.165, 1.54) is 18.1 Å². The number of hydrogen-bond acceptors (Lipinski definition) is 9. The minimum Gasteiger partial charge on any atom is -0.489 e. The van der Waals surface area contributed by atoms with Crippen molar-refractivity contribution in [3.05, 3.63) is 52.4 Å². The van der Waals surface area contributed by atoms with Crippen LogP contribution in [-0.4, -0.2) is 79.4 Å².